The molecule has 0 aliphatic carbocycles. The van der Waals surface area contributed by atoms with Crippen LogP contribution < -0.4 is 5.32 Å². The summed E-state index contributed by atoms with van der Waals surface area (Å²) in [6, 6.07) is 5.15. The highest BCUT2D eigenvalue weighted by atomic mass is 15.0. The lowest BCUT2D eigenvalue weighted by Crippen LogP contribution is -2.33. The van der Waals surface area contributed by atoms with Crippen LogP contribution >= 0.6 is 0 Å². The van der Waals surface area contributed by atoms with Crippen molar-refractivity contribution in [3.8, 4) is 0 Å². The van der Waals surface area contributed by atoms with Gasteiger partial charge in [0.2, 0.25) is 0 Å². The molecule has 0 saturated heterocycles. The van der Waals surface area contributed by atoms with Gasteiger partial charge in [-0.1, -0.05) is 12.1 Å². The average molecular weight is 228 g/mol. The number of aromatic nitrogens is 1. The van der Waals surface area contributed by atoms with E-state index in [4.69, 9.17) is 0 Å². The molecule has 2 nitrogen and oxygen atoms in total. The van der Waals surface area contributed by atoms with Crippen LogP contribution in [0.25, 0.3) is 10.9 Å². The molecular formula is C15H20N2. The summed E-state index contributed by atoms with van der Waals surface area (Å²) in [6.45, 7) is 7.70. The number of benzene rings is 1. The van der Waals surface area contributed by atoms with E-state index in [9.17, 15) is 0 Å². The minimum atomic E-state index is 0.592. The number of nitrogens with one attached hydrogen (secondary N) is 1. The molecule has 0 saturated carbocycles. The zero-order chi connectivity index (χ0) is 12.2. The second-order valence-corrected chi connectivity index (χ2v) is 5.37. The lowest BCUT2D eigenvalue weighted by molar-refractivity contribution is 0.500. The van der Waals surface area contributed by atoms with Crippen LogP contribution in [0.2, 0.25) is 0 Å². The predicted octanol–water partition coefficient (Wildman–Crippen LogP) is 2.83. The van der Waals surface area contributed by atoms with Crippen molar-refractivity contribution in [1.82, 2.24) is 9.88 Å². The molecule has 90 valence electrons. The molecule has 1 unspecified atom stereocenters. The molecule has 3 rings (SSSR count). The van der Waals surface area contributed by atoms with Crippen molar-refractivity contribution >= 4 is 10.9 Å². The molecule has 0 spiro atoms. The van der Waals surface area contributed by atoms with Crippen LogP contribution in [0.15, 0.2) is 12.1 Å². The van der Waals surface area contributed by atoms with Crippen molar-refractivity contribution in [3.05, 3.63) is 34.5 Å². The van der Waals surface area contributed by atoms with Crippen molar-refractivity contribution in [2.75, 3.05) is 0 Å². The van der Waals surface area contributed by atoms with E-state index in [0.717, 1.165) is 13.0 Å². The molecule has 2 heterocycles. The lowest BCUT2D eigenvalue weighted by atomic mass is 9.98. The smallest absolute Gasteiger partial charge is 0.0515 e. The van der Waals surface area contributed by atoms with Gasteiger partial charge in [-0.15, -0.1) is 0 Å². The van der Waals surface area contributed by atoms with E-state index < -0.39 is 0 Å². The summed E-state index contributed by atoms with van der Waals surface area (Å²) >= 11 is 0. The fraction of sp³-hybridized carbons (Fsp3) is 0.467. The summed E-state index contributed by atoms with van der Waals surface area (Å²) in [4.78, 5) is 0. The third kappa shape index (κ3) is 1.44. The molecule has 0 radical (unpaired) electrons. The second kappa shape index (κ2) is 3.61. The third-order valence-electron chi connectivity index (χ3n) is 4.24. The van der Waals surface area contributed by atoms with E-state index in [1.807, 2.05) is 0 Å². The number of fused-ring (bicyclic) bond motifs is 3. The minimum absolute atomic E-state index is 0.592. The number of rotatable bonds is 0. The Kier molecular flexibility index (Phi) is 2.30. The number of aryl methyl sites for hydroxylation is 3. The number of hydrogen-bond donors (Lipinski definition) is 1. The summed E-state index contributed by atoms with van der Waals surface area (Å²) in [7, 11) is 2.20. The zero-order valence-corrected chi connectivity index (χ0v) is 11.1. The first-order valence-electron chi connectivity index (χ1n) is 6.39. The van der Waals surface area contributed by atoms with E-state index in [1.165, 1.54) is 27.7 Å². The van der Waals surface area contributed by atoms with Crippen molar-refractivity contribution in [2.24, 2.45) is 7.05 Å². The molecule has 2 heteroatoms. The third-order valence-corrected chi connectivity index (χ3v) is 4.24. The topological polar surface area (TPSA) is 17.0 Å². The van der Waals surface area contributed by atoms with Crippen LogP contribution in [0.1, 0.15) is 29.3 Å². The second-order valence-electron chi connectivity index (χ2n) is 5.37. The van der Waals surface area contributed by atoms with Crippen molar-refractivity contribution in [2.45, 2.75) is 39.8 Å². The standard InChI is InChI=1S/C15H20N2/c1-9-5-6-12-13-7-10(2)16-8-14(13)17(4)15(12)11(9)3/h5-6,10,16H,7-8H2,1-4H3. The molecule has 2 aromatic rings. The molecule has 1 aliphatic heterocycles. The maximum absolute atomic E-state index is 3.55. The van der Waals surface area contributed by atoms with Crippen LogP contribution in [0, 0.1) is 13.8 Å². The maximum atomic E-state index is 3.55. The van der Waals surface area contributed by atoms with Gasteiger partial charge < -0.3 is 9.88 Å². The van der Waals surface area contributed by atoms with Gasteiger partial charge in [-0.05, 0) is 43.9 Å². The Morgan fingerprint density at radius 1 is 1.29 bits per heavy atom. The predicted molar refractivity (Wildman–Crippen MR) is 72.4 cm³/mol. The van der Waals surface area contributed by atoms with Gasteiger partial charge >= 0.3 is 0 Å². The van der Waals surface area contributed by atoms with Crippen LogP contribution in [0.4, 0.5) is 0 Å². The van der Waals surface area contributed by atoms with E-state index in [2.05, 4.69) is 49.8 Å². The molecule has 1 aromatic heterocycles. The first-order chi connectivity index (χ1) is 8.09. The monoisotopic (exact) mass is 228 g/mol. The molecule has 1 aromatic carbocycles. The van der Waals surface area contributed by atoms with Gasteiger partial charge in [0.15, 0.2) is 0 Å². The van der Waals surface area contributed by atoms with Crippen molar-refractivity contribution in [3.63, 3.8) is 0 Å². The highest BCUT2D eigenvalue weighted by molar-refractivity contribution is 5.89. The van der Waals surface area contributed by atoms with Gasteiger partial charge in [-0.25, -0.2) is 0 Å². The van der Waals surface area contributed by atoms with Gasteiger partial charge in [0.05, 0.1) is 5.52 Å². The van der Waals surface area contributed by atoms with E-state index >= 15 is 0 Å². The fourth-order valence-electron chi connectivity index (χ4n) is 3.07. The Morgan fingerprint density at radius 2 is 2.06 bits per heavy atom. The molecular weight excluding hydrogens is 208 g/mol. The summed E-state index contributed by atoms with van der Waals surface area (Å²) in [5.74, 6) is 0. The van der Waals surface area contributed by atoms with E-state index in [0.29, 0.717) is 6.04 Å². The Balaban J connectivity index is 2.38. The lowest BCUT2D eigenvalue weighted by Gasteiger charge is -2.21. The van der Waals surface area contributed by atoms with Crippen molar-refractivity contribution in [1.29, 1.82) is 0 Å². The van der Waals surface area contributed by atoms with Gasteiger partial charge in [-0.2, -0.15) is 0 Å². The molecule has 1 atom stereocenters. The van der Waals surface area contributed by atoms with E-state index in [-0.39, 0.29) is 0 Å². The molecule has 0 fully saturated rings. The molecule has 0 amide bonds. The summed E-state index contributed by atoms with van der Waals surface area (Å²) in [5.41, 5.74) is 7.25. The van der Waals surface area contributed by atoms with Gasteiger partial charge in [-0.3, -0.25) is 0 Å². The largest absolute Gasteiger partial charge is 0.346 e. The quantitative estimate of drug-likeness (QED) is 0.733. The Labute approximate surface area is 103 Å². The van der Waals surface area contributed by atoms with Crippen LogP contribution in [0.3, 0.4) is 0 Å². The first kappa shape index (κ1) is 10.8. The summed E-state index contributed by atoms with van der Waals surface area (Å²) in [6.07, 6.45) is 1.15. The Morgan fingerprint density at radius 3 is 2.82 bits per heavy atom. The van der Waals surface area contributed by atoms with E-state index in [1.54, 1.807) is 5.56 Å². The van der Waals surface area contributed by atoms with Crippen LogP contribution in [0.5, 0.6) is 0 Å². The van der Waals surface area contributed by atoms with Gasteiger partial charge in [0.25, 0.3) is 0 Å². The Bertz CT molecular complexity index is 593. The molecule has 17 heavy (non-hydrogen) atoms. The summed E-state index contributed by atoms with van der Waals surface area (Å²) in [5, 5.41) is 5.01. The molecule has 1 aliphatic rings. The minimum Gasteiger partial charge on any atom is -0.346 e. The van der Waals surface area contributed by atoms with Gasteiger partial charge in [0.1, 0.15) is 0 Å². The average Bonchev–Trinajstić information content (AvgIpc) is 2.58. The first-order valence-corrected chi connectivity index (χ1v) is 6.39. The zero-order valence-electron chi connectivity index (χ0n) is 11.1. The van der Waals surface area contributed by atoms with Crippen LogP contribution in [-0.4, -0.2) is 10.6 Å². The highest BCUT2D eigenvalue weighted by Crippen LogP contribution is 2.32. The summed E-state index contributed by atoms with van der Waals surface area (Å²) < 4.78 is 2.38. The van der Waals surface area contributed by atoms with Crippen molar-refractivity contribution < 1.29 is 0 Å². The van der Waals surface area contributed by atoms with Crippen LogP contribution in [-0.2, 0) is 20.0 Å². The van der Waals surface area contributed by atoms with Gasteiger partial charge in [0, 0.05) is 30.7 Å². The normalized spacial score (nSPS) is 19.6. The maximum Gasteiger partial charge on any atom is 0.0515 e. The molecule has 1 N–H and O–H groups in total. The Hall–Kier alpha value is -1.28. The SMILES string of the molecule is Cc1ccc2c3c(n(C)c2c1C)CNC(C)C3. The number of nitrogens with zero attached hydrogens (tertiary/aromatic N) is 1. The fourth-order valence-corrected chi connectivity index (χ4v) is 3.07. The highest BCUT2D eigenvalue weighted by Gasteiger charge is 2.22. The molecule has 0 bridgehead atoms. The number of hydrogen-bond acceptors (Lipinski definition) is 1.